The van der Waals surface area contributed by atoms with E-state index in [1.165, 1.54) is 16.7 Å². The Morgan fingerprint density at radius 2 is 1.70 bits per heavy atom. The molecule has 1 aromatic carbocycles. The van der Waals surface area contributed by atoms with E-state index >= 15 is 0 Å². The van der Waals surface area contributed by atoms with E-state index < -0.39 is 0 Å². The number of hydrazine groups is 1. The Morgan fingerprint density at radius 3 is 2.25 bits per heavy atom. The molecule has 1 unspecified atom stereocenters. The van der Waals surface area contributed by atoms with E-state index in [-0.39, 0.29) is 6.04 Å². The summed E-state index contributed by atoms with van der Waals surface area (Å²) in [4.78, 5) is 4.52. The SMILES string of the molecule is Cc1cc(C)cc(CC(NN)c2ccc(C)nc2C)c1. The molecule has 1 atom stereocenters. The lowest BCUT2D eigenvalue weighted by Crippen LogP contribution is -2.30. The first-order valence-electron chi connectivity index (χ1n) is 6.97. The monoisotopic (exact) mass is 269 g/mol. The highest BCUT2D eigenvalue weighted by atomic mass is 15.2. The number of rotatable bonds is 4. The molecule has 20 heavy (non-hydrogen) atoms. The summed E-state index contributed by atoms with van der Waals surface area (Å²) in [5.41, 5.74) is 10.0. The summed E-state index contributed by atoms with van der Waals surface area (Å²) in [6.07, 6.45) is 0.866. The number of hydrogen-bond donors (Lipinski definition) is 2. The van der Waals surface area contributed by atoms with Crippen molar-refractivity contribution in [3.8, 4) is 0 Å². The Hall–Kier alpha value is -1.71. The molecule has 0 aliphatic rings. The molecule has 3 N–H and O–H groups in total. The maximum absolute atomic E-state index is 5.76. The zero-order valence-corrected chi connectivity index (χ0v) is 12.7. The lowest BCUT2D eigenvalue weighted by Gasteiger charge is -2.19. The maximum atomic E-state index is 5.76. The van der Waals surface area contributed by atoms with Crippen molar-refractivity contribution < 1.29 is 0 Å². The van der Waals surface area contributed by atoms with E-state index in [2.05, 4.69) is 48.5 Å². The third-order valence-corrected chi connectivity index (χ3v) is 3.56. The van der Waals surface area contributed by atoms with Crippen LogP contribution in [0.25, 0.3) is 0 Å². The van der Waals surface area contributed by atoms with Crippen molar-refractivity contribution in [3.63, 3.8) is 0 Å². The molecule has 0 radical (unpaired) electrons. The van der Waals surface area contributed by atoms with Crippen molar-refractivity contribution in [2.75, 3.05) is 0 Å². The molecular formula is C17H23N3. The Kier molecular flexibility index (Phi) is 4.53. The molecule has 1 heterocycles. The normalized spacial score (nSPS) is 12.4. The zero-order valence-electron chi connectivity index (χ0n) is 12.7. The molecule has 0 bridgehead atoms. The highest BCUT2D eigenvalue weighted by Gasteiger charge is 2.14. The van der Waals surface area contributed by atoms with E-state index in [1.54, 1.807) is 0 Å². The smallest absolute Gasteiger partial charge is 0.0518 e. The lowest BCUT2D eigenvalue weighted by molar-refractivity contribution is 0.546. The largest absolute Gasteiger partial charge is 0.271 e. The van der Waals surface area contributed by atoms with Gasteiger partial charge in [0.05, 0.1) is 6.04 Å². The van der Waals surface area contributed by atoms with Crippen LogP contribution in [0.5, 0.6) is 0 Å². The van der Waals surface area contributed by atoms with E-state index in [1.807, 2.05) is 19.9 Å². The Labute approximate surface area is 121 Å². The fraction of sp³-hybridized carbons (Fsp3) is 0.353. The number of benzene rings is 1. The minimum atomic E-state index is 0.0873. The Balaban J connectivity index is 2.28. The van der Waals surface area contributed by atoms with Crippen molar-refractivity contribution in [3.05, 3.63) is 64.0 Å². The quantitative estimate of drug-likeness (QED) is 0.662. The van der Waals surface area contributed by atoms with Gasteiger partial charge in [0, 0.05) is 11.4 Å². The third-order valence-electron chi connectivity index (χ3n) is 3.56. The van der Waals surface area contributed by atoms with Gasteiger partial charge in [0.2, 0.25) is 0 Å². The average molecular weight is 269 g/mol. The van der Waals surface area contributed by atoms with Crippen LogP contribution < -0.4 is 11.3 Å². The van der Waals surface area contributed by atoms with Crippen molar-refractivity contribution in [2.45, 2.75) is 40.2 Å². The van der Waals surface area contributed by atoms with Gasteiger partial charge in [-0.25, -0.2) is 0 Å². The topological polar surface area (TPSA) is 50.9 Å². The summed E-state index contributed by atoms with van der Waals surface area (Å²) >= 11 is 0. The van der Waals surface area contributed by atoms with Gasteiger partial charge in [0.25, 0.3) is 0 Å². The molecule has 0 amide bonds. The number of nitrogens with zero attached hydrogens (tertiary/aromatic N) is 1. The van der Waals surface area contributed by atoms with Crippen LogP contribution in [-0.2, 0) is 6.42 Å². The summed E-state index contributed by atoms with van der Waals surface area (Å²) in [5.74, 6) is 5.76. The minimum absolute atomic E-state index is 0.0873. The molecule has 0 aliphatic heterocycles. The van der Waals surface area contributed by atoms with Crippen LogP contribution in [0, 0.1) is 27.7 Å². The van der Waals surface area contributed by atoms with Crippen LogP contribution in [0.15, 0.2) is 30.3 Å². The van der Waals surface area contributed by atoms with Gasteiger partial charge < -0.3 is 0 Å². The highest BCUT2D eigenvalue weighted by Crippen LogP contribution is 2.21. The summed E-state index contributed by atoms with van der Waals surface area (Å²) < 4.78 is 0. The van der Waals surface area contributed by atoms with Gasteiger partial charge in [-0.3, -0.25) is 16.3 Å². The fourth-order valence-electron chi connectivity index (χ4n) is 2.75. The molecule has 0 aliphatic carbocycles. The van der Waals surface area contributed by atoms with Gasteiger partial charge in [0.1, 0.15) is 0 Å². The molecule has 0 saturated carbocycles. The van der Waals surface area contributed by atoms with Gasteiger partial charge in [-0.15, -0.1) is 0 Å². The molecule has 0 fully saturated rings. The minimum Gasteiger partial charge on any atom is -0.271 e. The van der Waals surface area contributed by atoms with Crippen LogP contribution in [0.3, 0.4) is 0 Å². The molecule has 1 aromatic heterocycles. The molecular weight excluding hydrogens is 246 g/mol. The number of pyridine rings is 1. The van der Waals surface area contributed by atoms with E-state index in [0.29, 0.717) is 0 Å². The van der Waals surface area contributed by atoms with Crippen molar-refractivity contribution in [1.29, 1.82) is 0 Å². The number of hydrogen-bond acceptors (Lipinski definition) is 3. The Bertz CT molecular complexity index is 585. The maximum Gasteiger partial charge on any atom is 0.0518 e. The first-order chi connectivity index (χ1) is 9.49. The van der Waals surface area contributed by atoms with Crippen molar-refractivity contribution in [2.24, 2.45) is 5.84 Å². The predicted molar refractivity (Wildman–Crippen MR) is 83.4 cm³/mol. The van der Waals surface area contributed by atoms with E-state index in [9.17, 15) is 0 Å². The number of nitrogens with two attached hydrogens (primary N) is 1. The summed E-state index contributed by atoms with van der Waals surface area (Å²) in [6, 6.07) is 10.9. The van der Waals surface area contributed by atoms with Crippen LogP contribution in [0.4, 0.5) is 0 Å². The molecule has 3 heteroatoms. The van der Waals surface area contributed by atoms with Gasteiger partial charge in [-0.05, 0) is 51.3 Å². The lowest BCUT2D eigenvalue weighted by atomic mass is 9.96. The van der Waals surface area contributed by atoms with E-state index in [0.717, 1.165) is 23.4 Å². The molecule has 0 saturated heterocycles. The van der Waals surface area contributed by atoms with E-state index in [4.69, 9.17) is 5.84 Å². The number of nitrogens with one attached hydrogen (secondary N) is 1. The standard InChI is InChI=1S/C17H23N3/c1-11-7-12(2)9-15(8-11)10-17(20-18)16-6-5-13(3)19-14(16)4/h5-9,17,20H,10,18H2,1-4H3. The van der Waals surface area contributed by atoms with Crippen LogP contribution in [0.1, 0.15) is 39.7 Å². The van der Waals surface area contributed by atoms with Gasteiger partial charge >= 0.3 is 0 Å². The highest BCUT2D eigenvalue weighted by molar-refractivity contribution is 5.32. The molecule has 2 aromatic rings. The molecule has 2 rings (SSSR count). The first kappa shape index (κ1) is 14.7. The number of aryl methyl sites for hydroxylation is 4. The molecule has 3 nitrogen and oxygen atoms in total. The Morgan fingerprint density at radius 1 is 1.05 bits per heavy atom. The fourth-order valence-corrected chi connectivity index (χ4v) is 2.75. The summed E-state index contributed by atoms with van der Waals surface area (Å²) in [7, 11) is 0. The predicted octanol–water partition coefficient (Wildman–Crippen LogP) is 3.06. The van der Waals surface area contributed by atoms with Crippen molar-refractivity contribution in [1.82, 2.24) is 10.4 Å². The second kappa shape index (κ2) is 6.16. The van der Waals surface area contributed by atoms with Crippen LogP contribution in [-0.4, -0.2) is 4.98 Å². The summed E-state index contributed by atoms with van der Waals surface area (Å²) in [5, 5.41) is 0. The van der Waals surface area contributed by atoms with Gasteiger partial charge in [-0.1, -0.05) is 35.4 Å². The molecule has 106 valence electrons. The van der Waals surface area contributed by atoms with Gasteiger partial charge in [-0.2, -0.15) is 0 Å². The third kappa shape index (κ3) is 3.44. The average Bonchev–Trinajstić information content (AvgIpc) is 2.35. The van der Waals surface area contributed by atoms with Crippen LogP contribution >= 0.6 is 0 Å². The summed E-state index contributed by atoms with van der Waals surface area (Å²) in [6.45, 7) is 8.29. The van der Waals surface area contributed by atoms with Crippen LogP contribution in [0.2, 0.25) is 0 Å². The zero-order chi connectivity index (χ0) is 14.7. The number of aromatic nitrogens is 1. The second-order valence-corrected chi connectivity index (χ2v) is 5.55. The van der Waals surface area contributed by atoms with Gasteiger partial charge in [0.15, 0.2) is 0 Å². The molecule has 0 spiro atoms. The first-order valence-corrected chi connectivity index (χ1v) is 6.97. The van der Waals surface area contributed by atoms with Crippen molar-refractivity contribution >= 4 is 0 Å². The second-order valence-electron chi connectivity index (χ2n) is 5.55.